The summed E-state index contributed by atoms with van der Waals surface area (Å²) in [6.07, 6.45) is 1.57. The highest BCUT2D eigenvalue weighted by molar-refractivity contribution is 5.35. The fraction of sp³-hybridized carbons (Fsp3) is 0.400. The number of aliphatic hydroxyl groups is 1. The summed E-state index contributed by atoms with van der Waals surface area (Å²) in [4.78, 5) is 9.71. The molecule has 1 saturated carbocycles. The van der Waals surface area contributed by atoms with Crippen molar-refractivity contribution >= 4 is 5.69 Å². The van der Waals surface area contributed by atoms with Gasteiger partial charge in [0, 0.05) is 12.5 Å². The van der Waals surface area contributed by atoms with Crippen LogP contribution in [0.15, 0.2) is 18.2 Å². The standard InChI is InChI=1S/C10H10FNO3/c11-9-5-8(12(14)15)2-1-7(9)6-10(13)3-4-10/h1-2,5,13H,3-4,6H2. The first-order valence-electron chi connectivity index (χ1n) is 4.65. The molecule has 15 heavy (non-hydrogen) atoms. The Labute approximate surface area is 85.5 Å². The number of hydrogen-bond donors (Lipinski definition) is 1. The molecule has 0 radical (unpaired) electrons. The van der Waals surface area contributed by atoms with Crippen molar-refractivity contribution in [3.63, 3.8) is 0 Å². The molecular weight excluding hydrogens is 201 g/mol. The lowest BCUT2D eigenvalue weighted by Crippen LogP contribution is -2.12. The molecule has 0 heterocycles. The van der Waals surface area contributed by atoms with Gasteiger partial charge in [-0.1, -0.05) is 0 Å². The quantitative estimate of drug-likeness (QED) is 0.612. The Morgan fingerprint density at radius 3 is 2.67 bits per heavy atom. The lowest BCUT2D eigenvalue weighted by molar-refractivity contribution is -0.385. The van der Waals surface area contributed by atoms with Crippen LogP contribution in [0.2, 0.25) is 0 Å². The van der Waals surface area contributed by atoms with E-state index in [1.54, 1.807) is 0 Å². The van der Waals surface area contributed by atoms with E-state index in [9.17, 15) is 19.6 Å². The number of nitrogens with zero attached hydrogens (tertiary/aromatic N) is 1. The molecule has 4 nitrogen and oxygen atoms in total. The third-order valence-corrected chi connectivity index (χ3v) is 2.59. The third-order valence-electron chi connectivity index (χ3n) is 2.59. The van der Waals surface area contributed by atoms with E-state index in [-0.39, 0.29) is 12.1 Å². The maximum absolute atomic E-state index is 13.4. The van der Waals surface area contributed by atoms with Gasteiger partial charge in [-0.3, -0.25) is 10.1 Å². The molecule has 80 valence electrons. The number of benzene rings is 1. The molecule has 1 N–H and O–H groups in total. The van der Waals surface area contributed by atoms with Gasteiger partial charge >= 0.3 is 0 Å². The van der Waals surface area contributed by atoms with Crippen molar-refractivity contribution in [2.75, 3.05) is 0 Å². The van der Waals surface area contributed by atoms with Gasteiger partial charge in [-0.15, -0.1) is 0 Å². The van der Waals surface area contributed by atoms with Gasteiger partial charge in [0.25, 0.3) is 5.69 Å². The van der Waals surface area contributed by atoms with Gasteiger partial charge in [0.2, 0.25) is 0 Å². The average molecular weight is 211 g/mol. The Morgan fingerprint density at radius 1 is 1.53 bits per heavy atom. The zero-order valence-electron chi connectivity index (χ0n) is 7.94. The molecule has 2 rings (SSSR count). The molecule has 0 atom stereocenters. The van der Waals surface area contributed by atoms with Crippen molar-refractivity contribution in [3.05, 3.63) is 39.7 Å². The number of halogens is 1. The predicted molar refractivity (Wildman–Crippen MR) is 50.9 cm³/mol. The van der Waals surface area contributed by atoms with E-state index in [0.717, 1.165) is 6.07 Å². The zero-order chi connectivity index (χ0) is 11.1. The van der Waals surface area contributed by atoms with Crippen LogP contribution in [0.3, 0.4) is 0 Å². The van der Waals surface area contributed by atoms with Gasteiger partial charge in [-0.05, 0) is 24.5 Å². The van der Waals surface area contributed by atoms with E-state index in [1.165, 1.54) is 12.1 Å². The Hall–Kier alpha value is -1.49. The minimum atomic E-state index is -0.781. The number of rotatable bonds is 3. The summed E-state index contributed by atoms with van der Waals surface area (Å²) in [5.41, 5.74) is -0.712. The maximum atomic E-state index is 13.4. The number of nitro benzene ring substituents is 1. The number of non-ortho nitro benzene ring substituents is 1. The van der Waals surface area contributed by atoms with E-state index in [2.05, 4.69) is 0 Å². The van der Waals surface area contributed by atoms with Crippen LogP contribution in [0, 0.1) is 15.9 Å². The smallest absolute Gasteiger partial charge is 0.272 e. The van der Waals surface area contributed by atoms with Crippen LogP contribution in [0.1, 0.15) is 18.4 Å². The molecular formula is C10H10FNO3. The highest BCUT2D eigenvalue weighted by Gasteiger charge is 2.40. The largest absolute Gasteiger partial charge is 0.390 e. The van der Waals surface area contributed by atoms with Gasteiger partial charge in [0.1, 0.15) is 5.82 Å². The molecule has 0 saturated heterocycles. The lowest BCUT2D eigenvalue weighted by Gasteiger charge is -2.07. The van der Waals surface area contributed by atoms with Crippen LogP contribution >= 0.6 is 0 Å². The Morgan fingerprint density at radius 2 is 2.20 bits per heavy atom. The zero-order valence-corrected chi connectivity index (χ0v) is 7.94. The normalized spacial score (nSPS) is 17.5. The number of nitro groups is 1. The Balaban J connectivity index is 2.22. The van der Waals surface area contributed by atoms with Gasteiger partial charge in [0.05, 0.1) is 16.6 Å². The van der Waals surface area contributed by atoms with Crippen molar-refractivity contribution in [1.29, 1.82) is 0 Å². The fourth-order valence-electron chi connectivity index (χ4n) is 1.47. The second-order valence-corrected chi connectivity index (χ2v) is 3.93. The molecule has 0 aliphatic heterocycles. The summed E-state index contributed by atoms with van der Waals surface area (Å²) in [6.45, 7) is 0. The average Bonchev–Trinajstić information content (AvgIpc) is 2.87. The summed E-state index contributed by atoms with van der Waals surface area (Å²) in [6, 6.07) is 3.51. The molecule has 1 fully saturated rings. The molecule has 0 spiro atoms. The van der Waals surface area contributed by atoms with Gasteiger partial charge in [-0.25, -0.2) is 4.39 Å². The maximum Gasteiger partial charge on any atom is 0.272 e. The molecule has 1 aliphatic rings. The van der Waals surface area contributed by atoms with Crippen LogP contribution in [-0.4, -0.2) is 15.6 Å². The van der Waals surface area contributed by atoms with Crippen LogP contribution < -0.4 is 0 Å². The molecule has 0 unspecified atom stereocenters. The first-order valence-corrected chi connectivity index (χ1v) is 4.65. The fourth-order valence-corrected chi connectivity index (χ4v) is 1.47. The first-order chi connectivity index (χ1) is 7.00. The Kier molecular flexibility index (Phi) is 2.19. The van der Waals surface area contributed by atoms with Crippen LogP contribution in [0.5, 0.6) is 0 Å². The van der Waals surface area contributed by atoms with Crippen molar-refractivity contribution in [2.45, 2.75) is 24.9 Å². The van der Waals surface area contributed by atoms with Crippen LogP contribution in [0.25, 0.3) is 0 Å². The van der Waals surface area contributed by atoms with E-state index >= 15 is 0 Å². The highest BCUT2D eigenvalue weighted by Crippen LogP contribution is 2.38. The van der Waals surface area contributed by atoms with Gasteiger partial charge < -0.3 is 5.11 Å². The predicted octanol–water partition coefficient (Wildman–Crippen LogP) is 1.80. The molecule has 1 aromatic carbocycles. The van der Waals surface area contributed by atoms with Crippen molar-refractivity contribution in [3.8, 4) is 0 Å². The number of hydrogen-bond acceptors (Lipinski definition) is 3. The molecule has 1 aromatic rings. The van der Waals surface area contributed by atoms with Gasteiger partial charge in [-0.2, -0.15) is 0 Å². The summed E-state index contributed by atoms with van der Waals surface area (Å²) < 4.78 is 13.4. The summed E-state index contributed by atoms with van der Waals surface area (Å²) in [5.74, 6) is -0.621. The minimum absolute atomic E-state index is 0.233. The molecule has 1 aliphatic carbocycles. The van der Waals surface area contributed by atoms with Gasteiger partial charge in [0.15, 0.2) is 0 Å². The monoisotopic (exact) mass is 211 g/mol. The molecule has 0 aromatic heterocycles. The third kappa shape index (κ3) is 2.12. The second kappa shape index (κ2) is 3.27. The topological polar surface area (TPSA) is 63.4 Å². The lowest BCUT2D eigenvalue weighted by atomic mass is 10.1. The summed E-state index contributed by atoms with van der Waals surface area (Å²) >= 11 is 0. The SMILES string of the molecule is O=[N+]([O-])c1ccc(CC2(O)CC2)c(F)c1. The second-order valence-electron chi connectivity index (χ2n) is 3.93. The van der Waals surface area contributed by atoms with E-state index < -0.39 is 16.3 Å². The van der Waals surface area contributed by atoms with E-state index in [0.29, 0.717) is 18.4 Å². The van der Waals surface area contributed by atoms with Crippen LogP contribution in [0.4, 0.5) is 10.1 Å². The summed E-state index contributed by atoms with van der Waals surface area (Å²) in [5, 5.41) is 19.9. The van der Waals surface area contributed by atoms with Crippen LogP contribution in [-0.2, 0) is 6.42 Å². The van der Waals surface area contributed by atoms with Crippen molar-refractivity contribution in [2.24, 2.45) is 0 Å². The minimum Gasteiger partial charge on any atom is -0.390 e. The molecule has 0 bridgehead atoms. The molecule has 0 amide bonds. The van der Waals surface area contributed by atoms with E-state index in [4.69, 9.17) is 0 Å². The molecule has 5 heteroatoms. The van der Waals surface area contributed by atoms with Crippen molar-refractivity contribution in [1.82, 2.24) is 0 Å². The van der Waals surface area contributed by atoms with E-state index in [1.807, 2.05) is 0 Å². The highest BCUT2D eigenvalue weighted by atomic mass is 19.1. The Bertz CT molecular complexity index is 415. The summed E-state index contributed by atoms with van der Waals surface area (Å²) in [7, 11) is 0. The first kappa shape index (κ1) is 10.0. The van der Waals surface area contributed by atoms with Crippen molar-refractivity contribution < 1.29 is 14.4 Å².